The van der Waals surface area contributed by atoms with Gasteiger partial charge in [-0.25, -0.2) is 0 Å². The summed E-state index contributed by atoms with van der Waals surface area (Å²) in [5, 5.41) is 2.24. The van der Waals surface area contributed by atoms with Gasteiger partial charge in [0.15, 0.2) is 0 Å². The number of rotatable bonds is 6. The number of furan rings is 1. The maximum Gasteiger partial charge on any atom is 0.135 e. The van der Waals surface area contributed by atoms with E-state index in [1.54, 1.807) is 0 Å². The van der Waals surface area contributed by atoms with Crippen molar-refractivity contribution in [2.75, 3.05) is 9.80 Å². The predicted octanol–water partition coefficient (Wildman–Crippen LogP) is 15.1. The number of nitrogens with zero attached hydrogens (tertiary/aromatic N) is 2. The highest BCUT2D eigenvalue weighted by Crippen LogP contribution is 2.54. The van der Waals surface area contributed by atoms with Crippen LogP contribution in [0.1, 0.15) is 49.9 Å². The molecule has 3 nitrogen and oxygen atoms in total. The molecule has 9 aromatic rings. The van der Waals surface area contributed by atoms with Crippen molar-refractivity contribution < 1.29 is 4.42 Å². The van der Waals surface area contributed by atoms with Crippen LogP contribution in [0.3, 0.4) is 0 Å². The molecule has 0 spiro atoms. The number of anilines is 6. The minimum atomic E-state index is -0.243. The van der Waals surface area contributed by atoms with Crippen LogP contribution >= 0.6 is 0 Å². The molecule has 2 aliphatic rings. The molecule has 1 heterocycles. The highest BCUT2D eigenvalue weighted by atomic mass is 16.3. The smallest absolute Gasteiger partial charge is 0.135 e. The summed E-state index contributed by atoms with van der Waals surface area (Å²) in [5.74, 6) is 0. The molecule has 11 rings (SSSR count). The summed E-state index contributed by atoms with van der Waals surface area (Å²) in [4.78, 5) is 4.79. The van der Waals surface area contributed by atoms with Crippen LogP contribution < -0.4 is 9.80 Å². The van der Waals surface area contributed by atoms with E-state index in [0.717, 1.165) is 56.1 Å². The van der Waals surface area contributed by atoms with E-state index in [9.17, 15) is 0 Å². The molecule has 8 aromatic carbocycles. The minimum absolute atomic E-state index is 0.0409. The zero-order valence-corrected chi connectivity index (χ0v) is 32.6. The zero-order chi connectivity index (χ0) is 38.5. The second-order valence-electron chi connectivity index (χ2n) is 16.6. The van der Waals surface area contributed by atoms with Crippen molar-refractivity contribution in [2.45, 2.75) is 38.5 Å². The van der Waals surface area contributed by atoms with Crippen molar-refractivity contribution in [3.8, 4) is 22.3 Å². The van der Waals surface area contributed by atoms with E-state index in [1.165, 1.54) is 44.5 Å². The van der Waals surface area contributed by atoms with Crippen molar-refractivity contribution in [1.29, 1.82) is 0 Å². The van der Waals surface area contributed by atoms with Gasteiger partial charge < -0.3 is 14.2 Å². The van der Waals surface area contributed by atoms with Crippen LogP contribution in [0.4, 0.5) is 34.1 Å². The number of fused-ring (bicyclic) bond motifs is 9. The average molecular weight is 735 g/mol. The maximum atomic E-state index is 6.22. The van der Waals surface area contributed by atoms with E-state index in [-0.39, 0.29) is 10.8 Å². The summed E-state index contributed by atoms with van der Waals surface area (Å²) in [7, 11) is 0. The maximum absolute atomic E-state index is 6.22. The fourth-order valence-electron chi connectivity index (χ4n) is 9.74. The Kier molecular flexibility index (Phi) is 7.25. The second-order valence-corrected chi connectivity index (χ2v) is 16.6. The molecule has 0 amide bonds. The van der Waals surface area contributed by atoms with Crippen molar-refractivity contribution in [3.63, 3.8) is 0 Å². The van der Waals surface area contributed by atoms with Gasteiger partial charge in [-0.2, -0.15) is 0 Å². The predicted molar refractivity (Wildman–Crippen MR) is 238 cm³/mol. The van der Waals surface area contributed by atoms with E-state index >= 15 is 0 Å². The number of hydrogen-bond donors (Lipinski definition) is 0. The Hall–Kier alpha value is -6.84. The van der Waals surface area contributed by atoms with Crippen LogP contribution in [0, 0.1) is 0 Å². The number of hydrogen-bond acceptors (Lipinski definition) is 3. The normalized spacial score (nSPS) is 14.2. The van der Waals surface area contributed by atoms with E-state index in [0.29, 0.717) is 0 Å². The molecular formula is C54H42N2O. The summed E-state index contributed by atoms with van der Waals surface area (Å²) in [6.07, 6.45) is 0. The van der Waals surface area contributed by atoms with Crippen LogP contribution in [0.15, 0.2) is 186 Å². The summed E-state index contributed by atoms with van der Waals surface area (Å²) in [6, 6.07) is 66.3. The lowest BCUT2D eigenvalue weighted by Gasteiger charge is -2.29. The van der Waals surface area contributed by atoms with Crippen LogP contribution in [0.25, 0.3) is 44.2 Å². The summed E-state index contributed by atoms with van der Waals surface area (Å²) in [5.41, 5.74) is 18.9. The van der Waals surface area contributed by atoms with Crippen LogP contribution in [0.5, 0.6) is 0 Å². The molecule has 0 atom stereocenters. The van der Waals surface area contributed by atoms with Gasteiger partial charge in [0.25, 0.3) is 0 Å². The van der Waals surface area contributed by atoms with Gasteiger partial charge in [0, 0.05) is 55.7 Å². The zero-order valence-electron chi connectivity index (χ0n) is 32.6. The molecule has 0 aliphatic heterocycles. The Bertz CT molecular complexity index is 3030. The SMILES string of the molecule is CC1(C)c2ccccc2-c2cc(N(c3ccccc3)c3ccc4c(c3)C(C)(C)c3cc(N(c5ccccc5)c5ccc6oc7ccccc7c6c5)ccc3-4)ccc21. The van der Waals surface area contributed by atoms with Gasteiger partial charge >= 0.3 is 0 Å². The van der Waals surface area contributed by atoms with Gasteiger partial charge in [0.1, 0.15) is 11.2 Å². The molecule has 274 valence electrons. The number of para-hydroxylation sites is 3. The quantitative estimate of drug-likeness (QED) is 0.170. The molecule has 2 aliphatic carbocycles. The van der Waals surface area contributed by atoms with Crippen molar-refractivity contribution in [3.05, 3.63) is 204 Å². The third-order valence-corrected chi connectivity index (χ3v) is 12.6. The lowest BCUT2D eigenvalue weighted by Crippen LogP contribution is -2.18. The molecule has 0 fully saturated rings. The Morgan fingerprint density at radius 1 is 0.316 bits per heavy atom. The van der Waals surface area contributed by atoms with E-state index in [1.807, 2.05) is 12.1 Å². The van der Waals surface area contributed by atoms with Gasteiger partial charge in [-0.1, -0.05) is 125 Å². The molecule has 0 N–H and O–H groups in total. The highest BCUT2D eigenvalue weighted by Gasteiger charge is 2.38. The third-order valence-electron chi connectivity index (χ3n) is 12.6. The van der Waals surface area contributed by atoms with Gasteiger partial charge in [0.05, 0.1) is 0 Å². The van der Waals surface area contributed by atoms with Crippen LogP contribution in [0.2, 0.25) is 0 Å². The molecule has 1 aromatic heterocycles. The summed E-state index contributed by atoms with van der Waals surface area (Å²) < 4.78 is 6.22. The van der Waals surface area contributed by atoms with Crippen LogP contribution in [-0.4, -0.2) is 0 Å². The molecular weight excluding hydrogens is 693 g/mol. The summed E-state index contributed by atoms with van der Waals surface area (Å²) >= 11 is 0. The molecule has 0 saturated carbocycles. The van der Waals surface area contributed by atoms with Crippen molar-refractivity contribution in [1.82, 2.24) is 0 Å². The second kappa shape index (κ2) is 12.3. The Morgan fingerprint density at radius 2 is 0.772 bits per heavy atom. The number of benzene rings is 8. The first kappa shape index (κ1) is 33.5. The summed E-state index contributed by atoms with van der Waals surface area (Å²) in [6.45, 7) is 9.44. The lowest BCUT2D eigenvalue weighted by atomic mass is 9.82. The van der Waals surface area contributed by atoms with Crippen molar-refractivity contribution >= 4 is 56.1 Å². The first-order chi connectivity index (χ1) is 27.8. The van der Waals surface area contributed by atoms with E-state index in [4.69, 9.17) is 4.42 Å². The fraction of sp³-hybridized carbons (Fsp3) is 0.111. The van der Waals surface area contributed by atoms with Gasteiger partial charge in [-0.15, -0.1) is 0 Å². The Balaban J connectivity index is 1.02. The van der Waals surface area contributed by atoms with Gasteiger partial charge in [0.2, 0.25) is 0 Å². The highest BCUT2D eigenvalue weighted by molar-refractivity contribution is 6.06. The molecule has 0 unspecified atom stereocenters. The first-order valence-electron chi connectivity index (χ1n) is 19.9. The third kappa shape index (κ3) is 5.05. The largest absolute Gasteiger partial charge is 0.456 e. The first-order valence-corrected chi connectivity index (χ1v) is 19.9. The molecule has 0 bridgehead atoms. The fourth-order valence-corrected chi connectivity index (χ4v) is 9.74. The molecule has 3 heteroatoms. The molecule has 0 saturated heterocycles. The Morgan fingerprint density at radius 3 is 1.44 bits per heavy atom. The van der Waals surface area contributed by atoms with Crippen molar-refractivity contribution in [2.24, 2.45) is 0 Å². The Labute approximate surface area is 334 Å². The minimum Gasteiger partial charge on any atom is -0.456 e. The van der Waals surface area contributed by atoms with Gasteiger partial charge in [-0.3, -0.25) is 0 Å². The van der Waals surface area contributed by atoms with E-state index < -0.39 is 0 Å². The lowest BCUT2D eigenvalue weighted by molar-refractivity contribution is 0.660. The average Bonchev–Trinajstić information content (AvgIpc) is 3.81. The van der Waals surface area contributed by atoms with Gasteiger partial charge in [-0.05, 0) is 129 Å². The monoisotopic (exact) mass is 734 g/mol. The molecule has 57 heavy (non-hydrogen) atoms. The van der Waals surface area contributed by atoms with E-state index in [2.05, 4.69) is 207 Å². The molecule has 0 radical (unpaired) electrons. The standard InChI is InChI=1S/C54H42N2O/c1-53(2)47-21-13-11-19-41(47)45-31-37(25-29-48(45)53)55(35-15-7-5-8-16-35)39-23-27-42-43-28-24-40(34-50(43)54(3,4)49(42)33-39)56(36-17-9-6-10-18-36)38-26-30-52-46(32-38)44-20-12-14-22-51(44)57-52/h5-34H,1-4H3. The van der Waals surface area contributed by atoms with Crippen LogP contribution in [-0.2, 0) is 10.8 Å². The topological polar surface area (TPSA) is 19.6 Å².